The van der Waals surface area contributed by atoms with E-state index in [1.165, 1.54) is 37.6 Å². The summed E-state index contributed by atoms with van der Waals surface area (Å²) in [5, 5.41) is 7.43. The smallest absolute Gasteiger partial charge is 0.159 e. The highest BCUT2D eigenvalue weighted by Gasteiger charge is 2.10. The molecule has 4 N–H and O–H groups in total. The van der Waals surface area contributed by atoms with E-state index in [4.69, 9.17) is 28.9 Å². The van der Waals surface area contributed by atoms with Crippen molar-refractivity contribution in [3.8, 4) is 0 Å². The van der Waals surface area contributed by atoms with Gasteiger partial charge in [-0.25, -0.2) is 9.97 Å². The summed E-state index contributed by atoms with van der Waals surface area (Å²) in [6, 6.07) is 5.27. The molecule has 0 unspecified atom stereocenters. The third-order valence-corrected chi connectivity index (χ3v) is 4.93. The van der Waals surface area contributed by atoms with Gasteiger partial charge in [-0.3, -0.25) is 0 Å². The van der Waals surface area contributed by atoms with Crippen molar-refractivity contribution in [3.05, 3.63) is 46.2 Å². The van der Waals surface area contributed by atoms with Crippen LogP contribution < -0.4 is 16.4 Å². The molecule has 1 heterocycles. The molecule has 1 aromatic carbocycles. The summed E-state index contributed by atoms with van der Waals surface area (Å²) in [6.45, 7) is 0.805. The fourth-order valence-electron chi connectivity index (χ4n) is 2.82. The zero-order valence-electron chi connectivity index (χ0n) is 13.9. The zero-order chi connectivity index (χ0) is 17.6. The Morgan fingerprint density at radius 2 is 1.92 bits per heavy atom. The van der Waals surface area contributed by atoms with Crippen molar-refractivity contribution in [1.29, 1.82) is 0 Å². The Morgan fingerprint density at radius 3 is 2.68 bits per heavy atom. The van der Waals surface area contributed by atoms with Gasteiger partial charge in [-0.2, -0.15) is 0 Å². The molecule has 2 aromatic rings. The van der Waals surface area contributed by atoms with Gasteiger partial charge in [-0.15, -0.1) is 0 Å². The minimum Gasteiger partial charge on any atom is -0.393 e. The van der Waals surface area contributed by atoms with Gasteiger partial charge >= 0.3 is 0 Å². The number of halogens is 2. The van der Waals surface area contributed by atoms with Crippen LogP contribution in [0.25, 0.3) is 0 Å². The van der Waals surface area contributed by atoms with Crippen molar-refractivity contribution in [2.75, 3.05) is 22.9 Å². The lowest BCUT2D eigenvalue weighted by atomic mass is 9.97. The van der Waals surface area contributed by atoms with Crippen LogP contribution in [0.4, 0.5) is 23.0 Å². The second-order valence-electron chi connectivity index (χ2n) is 6.02. The minimum atomic E-state index is 0.471. The van der Waals surface area contributed by atoms with Crippen LogP contribution in [0, 0.1) is 0 Å². The SMILES string of the molecule is Nc1c(NCCC2=CCCCC2)ncnc1Nc1ccc(Cl)c(Cl)c1. The summed E-state index contributed by atoms with van der Waals surface area (Å²) in [5.41, 5.74) is 8.95. The van der Waals surface area contributed by atoms with Gasteiger partial charge in [-0.05, 0) is 50.3 Å². The van der Waals surface area contributed by atoms with E-state index in [0.29, 0.717) is 27.4 Å². The van der Waals surface area contributed by atoms with E-state index >= 15 is 0 Å². The highest BCUT2D eigenvalue weighted by Crippen LogP contribution is 2.30. The van der Waals surface area contributed by atoms with Gasteiger partial charge in [0.25, 0.3) is 0 Å². The average molecular weight is 378 g/mol. The molecule has 132 valence electrons. The molecule has 0 spiro atoms. The van der Waals surface area contributed by atoms with E-state index in [2.05, 4.69) is 26.7 Å². The average Bonchev–Trinajstić information content (AvgIpc) is 2.62. The zero-order valence-corrected chi connectivity index (χ0v) is 15.4. The summed E-state index contributed by atoms with van der Waals surface area (Å²) in [7, 11) is 0. The highest BCUT2D eigenvalue weighted by molar-refractivity contribution is 6.42. The summed E-state index contributed by atoms with van der Waals surface area (Å²) < 4.78 is 0. The summed E-state index contributed by atoms with van der Waals surface area (Å²) in [6.07, 6.45) is 9.84. The molecule has 3 rings (SSSR count). The maximum Gasteiger partial charge on any atom is 0.159 e. The second kappa shape index (κ2) is 8.41. The number of nitrogens with two attached hydrogens (primary N) is 1. The fourth-order valence-corrected chi connectivity index (χ4v) is 3.12. The molecule has 25 heavy (non-hydrogen) atoms. The maximum atomic E-state index is 6.19. The minimum absolute atomic E-state index is 0.471. The van der Waals surface area contributed by atoms with Crippen LogP contribution in [0.3, 0.4) is 0 Å². The second-order valence-corrected chi connectivity index (χ2v) is 6.84. The Balaban J connectivity index is 1.64. The number of nitrogens with zero attached hydrogens (tertiary/aromatic N) is 2. The predicted molar refractivity (Wildman–Crippen MR) is 106 cm³/mol. The first-order chi connectivity index (χ1) is 12.1. The number of allylic oxidation sites excluding steroid dienone is 1. The number of aromatic nitrogens is 2. The van der Waals surface area contributed by atoms with Crippen LogP contribution in [0.1, 0.15) is 32.1 Å². The quantitative estimate of drug-likeness (QED) is 0.586. The molecule has 0 fully saturated rings. The number of benzene rings is 1. The maximum absolute atomic E-state index is 6.19. The van der Waals surface area contributed by atoms with Crippen LogP contribution in [0.5, 0.6) is 0 Å². The number of anilines is 4. The van der Waals surface area contributed by atoms with Crippen molar-refractivity contribution in [2.45, 2.75) is 32.1 Å². The summed E-state index contributed by atoms with van der Waals surface area (Å²) in [4.78, 5) is 8.45. The third kappa shape index (κ3) is 4.77. The van der Waals surface area contributed by atoms with Gasteiger partial charge in [0.1, 0.15) is 12.0 Å². The van der Waals surface area contributed by atoms with E-state index in [0.717, 1.165) is 18.7 Å². The highest BCUT2D eigenvalue weighted by atomic mass is 35.5. The fraction of sp³-hybridized carbons (Fsp3) is 0.333. The van der Waals surface area contributed by atoms with Crippen LogP contribution >= 0.6 is 23.2 Å². The van der Waals surface area contributed by atoms with E-state index in [-0.39, 0.29) is 0 Å². The molecule has 0 saturated heterocycles. The molecule has 1 aliphatic carbocycles. The van der Waals surface area contributed by atoms with Gasteiger partial charge in [0.15, 0.2) is 11.6 Å². The van der Waals surface area contributed by atoms with Crippen LogP contribution in [0.15, 0.2) is 36.2 Å². The molecule has 0 saturated carbocycles. The molecule has 5 nitrogen and oxygen atoms in total. The van der Waals surface area contributed by atoms with Gasteiger partial charge in [0, 0.05) is 12.2 Å². The van der Waals surface area contributed by atoms with E-state index < -0.39 is 0 Å². The topological polar surface area (TPSA) is 75.9 Å². The molecule has 1 aromatic heterocycles. The Morgan fingerprint density at radius 1 is 1.08 bits per heavy atom. The third-order valence-electron chi connectivity index (χ3n) is 4.19. The Hall–Kier alpha value is -1.98. The van der Waals surface area contributed by atoms with Crippen LogP contribution in [-0.4, -0.2) is 16.5 Å². The van der Waals surface area contributed by atoms with E-state index in [1.807, 2.05) is 6.07 Å². The first kappa shape index (κ1) is 17.8. The van der Waals surface area contributed by atoms with Crippen LogP contribution in [-0.2, 0) is 0 Å². The van der Waals surface area contributed by atoms with Gasteiger partial charge < -0.3 is 16.4 Å². The molecular formula is C18H21Cl2N5. The Bertz CT molecular complexity index is 776. The van der Waals surface area contributed by atoms with E-state index in [9.17, 15) is 0 Å². The molecule has 0 amide bonds. The largest absolute Gasteiger partial charge is 0.393 e. The molecule has 0 atom stereocenters. The molecular weight excluding hydrogens is 357 g/mol. The van der Waals surface area contributed by atoms with Crippen molar-refractivity contribution >= 4 is 46.2 Å². The molecule has 0 radical (unpaired) electrons. The number of hydrogen-bond acceptors (Lipinski definition) is 5. The summed E-state index contributed by atoms with van der Waals surface area (Å²) >= 11 is 12.0. The lowest BCUT2D eigenvalue weighted by molar-refractivity contribution is 0.679. The molecule has 1 aliphatic rings. The van der Waals surface area contributed by atoms with Gasteiger partial charge in [0.05, 0.1) is 10.0 Å². The number of nitrogen functional groups attached to an aromatic ring is 1. The number of nitrogens with one attached hydrogen (secondary N) is 2. The van der Waals surface area contributed by atoms with Gasteiger partial charge in [-0.1, -0.05) is 34.9 Å². The lowest BCUT2D eigenvalue weighted by Crippen LogP contribution is -2.10. The number of rotatable bonds is 6. The predicted octanol–water partition coefficient (Wildman–Crippen LogP) is 5.41. The first-order valence-electron chi connectivity index (χ1n) is 8.38. The van der Waals surface area contributed by atoms with Gasteiger partial charge in [0.2, 0.25) is 0 Å². The Labute approximate surface area is 157 Å². The summed E-state index contributed by atoms with van der Waals surface area (Å²) in [5.74, 6) is 1.17. The lowest BCUT2D eigenvalue weighted by Gasteiger charge is -2.15. The monoisotopic (exact) mass is 377 g/mol. The molecule has 0 bridgehead atoms. The first-order valence-corrected chi connectivity index (χ1v) is 9.13. The van der Waals surface area contributed by atoms with Crippen molar-refractivity contribution < 1.29 is 0 Å². The van der Waals surface area contributed by atoms with Crippen molar-refractivity contribution in [1.82, 2.24) is 9.97 Å². The molecule has 7 heteroatoms. The number of hydrogen-bond donors (Lipinski definition) is 3. The van der Waals surface area contributed by atoms with Crippen molar-refractivity contribution in [2.24, 2.45) is 0 Å². The Kier molecular flexibility index (Phi) is 6.00. The van der Waals surface area contributed by atoms with E-state index in [1.54, 1.807) is 12.1 Å². The van der Waals surface area contributed by atoms with Crippen molar-refractivity contribution in [3.63, 3.8) is 0 Å². The molecule has 0 aliphatic heterocycles. The van der Waals surface area contributed by atoms with Crippen LogP contribution in [0.2, 0.25) is 10.0 Å². The normalized spacial score (nSPS) is 14.1. The standard InChI is InChI=1S/C18H21Cl2N5/c19-14-7-6-13(10-15(14)20)25-18-16(21)17(23-11-24-18)22-9-8-12-4-2-1-3-5-12/h4,6-7,10-11H,1-3,5,8-9,21H2,(H2,22,23,24,25).